The molecule has 4 heteroatoms. The van der Waals surface area contributed by atoms with Gasteiger partial charge in [-0.05, 0) is 23.3 Å². The van der Waals surface area contributed by atoms with Crippen LogP contribution in [0.1, 0.15) is 16.8 Å². The summed E-state index contributed by atoms with van der Waals surface area (Å²) in [7, 11) is 0. The zero-order chi connectivity index (χ0) is 13.8. The molecule has 19 heavy (non-hydrogen) atoms. The van der Waals surface area contributed by atoms with Gasteiger partial charge in [0.05, 0.1) is 0 Å². The lowest BCUT2D eigenvalue weighted by Gasteiger charge is -2.03. The maximum Gasteiger partial charge on any atom is 0.311 e. The van der Waals surface area contributed by atoms with Crippen molar-refractivity contribution in [2.24, 2.45) is 0 Å². The second kappa shape index (κ2) is 5.80. The summed E-state index contributed by atoms with van der Waals surface area (Å²) in [6, 6.07) is 14.8. The molecule has 0 aliphatic heterocycles. The van der Waals surface area contributed by atoms with Crippen LogP contribution in [0.2, 0.25) is 0 Å². The van der Waals surface area contributed by atoms with E-state index >= 15 is 0 Å². The van der Waals surface area contributed by atoms with Gasteiger partial charge >= 0.3 is 5.97 Å². The first-order valence-electron chi connectivity index (χ1n) is 5.67. The second-order valence-electron chi connectivity index (χ2n) is 4.08. The molecular formula is C15H11BrO3. The third kappa shape index (κ3) is 3.51. The zero-order valence-electron chi connectivity index (χ0n) is 9.97. The molecule has 0 spiro atoms. The van der Waals surface area contributed by atoms with Crippen LogP contribution in [0.15, 0.2) is 53.0 Å². The van der Waals surface area contributed by atoms with Crippen molar-refractivity contribution >= 4 is 27.7 Å². The molecule has 0 radical (unpaired) electrons. The molecule has 96 valence electrons. The molecule has 2 aromatic rings. The van der Waals surface area contributed by atoms with Gasteiger partial charge in [0.15, 0.2) is 5.78 Å². The van der Waals surface area contributed by atoms with Crippen molar-refractivity contribution in [1.82, 2.24) is 0 Å². The van der Waals surface area contributed by atoms with Crippen LogP contribution in [0.4, 0.5) is 0 Å². The van der Waals surface area contributed by atoms with Gasteiger partial charge in [-0.2, -0.15) is 0 Å². The number of aliphatic carboxylic acids is 1. The quantitative estimate of drug-likeness (QED) is 0.689. The van der Waals surface area contributed by atoms with Crippen molar-refractivity contribution in [3.8, 4) is 11.1 Å². The number of benzene rings is 2. The van der Waals surface area contributed by atoms with E-state index in [-0.39, 0.29) is 5.78 Å². The Hall–Kier alpha value is -1.94. The molecule has 2 rings (SSSR count). The van der Waals surface area contributed by atoms with Crippen LogP contribution in [0, 0.1) is 0 Å². The minimum atomic E-state index is -1.11. The summed E-state index contributed by atoms with van der Waals surface area (Å²) in [5.41, 5.74) is 2.45. The molecule has 0 fully saturated rings. The van der Waals surface area contributed by atoms with Crippen LogP contribution in [-0.4, -0.2) is 16.9 Å². The van der Waals surface area contributed by atoms with Gasteiger partial charge in [-0.3, -0.25) is 9.59 Å². The van der Waals surface area contributed by atoms with Crippen LogP contribution in [0.5, 0.6) is 0 Å². The Morgan fingerprint density at radius 3 is 1.84 bits per heavy atom. The third-order valence-corrected chi connectivity index (χ3v) is 3.22. The van der Waals surface area contributed by atoms with Crippen molar-refractivity contribution in [3.05, 3.63) is 58.6 Å². The molecule has 3 nitrogen and oxygen atoms in total. The van der Waals surface area contributed by atoms with Crippen LogP contribution >= 0.6 is 15.9 Å². The lowest BCUT2D eigenvalue weighted by molar-refractivity contribution is -0.135. The van der Waals surface area contributed by atoms with E-state index in [0.29, 0.717) is 5.56 Å². The minimum absolute atomic E-state index is 0.380. The fourth-order valence-corrected chi connectivity index (χ4v) is 1.99. The highest BCUT2D eigenvalue weighted by Gasteiger charge is 2.10. The lowest BCUT2D eigenvalue weighted by Crippen LogP contribution is -2.06. The number of halogens is 1. The van der Waals surface area contributed by atoms with E-state index in [2.05, 4.69) is 15.9 Å². The largest absolute Gasteiger partial charge is 0.481 e. The van der Waals surface area contributed by atoms with Gasteiger partial charge < -0.3 is 5.11 Å². The van der Waals surface area contributed by atoms with Crippen LogP contribution in [0.25, 0.3) is 11.1 Å². The summed E-state index contributed by atoms with van der Waals surface area (Å²) in [5.74, 6) is -1.49. The SMILES string of the molecule is O=C(O)CC(=O)c1ccc(-c2ccc(Br)cc2)cc1. The number of hydrogen-bond acceptors (Lipinski definition) is 2. The number of carbonyl (C=O) groups is 2. The van der Waals surface area contributed by atoms with E-state index in [1.807, 2.05) is 36.4 Å². The first-order valence-corrected chi connectivity index (χ1v) is 6.46. The summed E-state index contributed by atoms with van der Waals surface area (Å²) in [4.78, 5) is 22.0. The number of carboxylic acid groups (broad SMARTS) is 1. The molecule has 2 aromatic carbocycles. The standard InChI is InChI=1S/C15H11BrO3/c16-13-7-5-11(6-8-13)10-1-3-12(4-2-10)14(17)9-15(18)19/h1-8H,9H2,(H,18,19). The Morgan fingerprint density at radius 1 is 0.895 bits per heavy atom. The summed E-state index contributed by atoms with van der Waals surface area (Å²) in [5, 5.41) is 8.58. The van der Waals surface area contributed by atoms with E-state index in [1.54, 1.807) is 12.1 Å². The summed E-state index contributed by atoms with van der Waals surface area (Å²) < 4.78 is 1.00. The van der Waals surface area contributed by atoms with Gasteiger partial charge in [-0.15, -0.1) is 0 Å². The fourth-order valence-electron chi connectivity index (χ4n) is 1.73. The first-order chi connectivity index (χ1) is 9.06. The van der Waals surface area contributed by atoms with Crippen LogP contribution in [-0.2, 0) is 4.79 Å². The van der Waals surface area contributed by atoms with E-state index in [0.717, 1.165) is 15.6 Å². The Balaban J connectivity index is 2.21. The Morgan fingerprint density at radius 2 is 1.37 bits per heavy atom. The van der Waals surface area contributed by atoms with Gasteiger partial charge in [0.1, 0.15) is 6.42 Å². The molecule has 0 aliphatic carbocycles. The maximum atomic E-state index is 11.6. The van der Waals surface area contributed by atoms with Gasteiger partial charge in [-0.25, -0.2) is 0 Å². The first kappa shape index (κ1) is 13.5. The van der Waals surface area contributed by atoms with Gasteiger partial charge in [0, 0.05) is 10.0 Å². The van der Waals surface area contributed by atoms with Gasteiger partial charge in [0.2, 0.25) is 0 Å². The molecule has 0 aliphatic rings. The molecular weight excluding hydrogens is 308 g/mol. The molecule has 0 saturated carbocycles. The number of carbonyl (C=O) groups excluding carboxylic acids is 1. The highest BCUT2D eigenvalue weighted by molar-refractivity contribution is 9.10. The number of Topliss-reactive ketones (excluding diaryl/α,β-unsaturated/α-hetero) is 1. The topological polar surface area (TPSA) is 54.4 Å². The van der Waals surface area contributed by atoms with Crippen molar-refractivity contribution in [2.75, 3.05) is 0 Å². The summed E-state index contributed by atoms with van der Waals surface area (Å²) >= 11 is 3.37. The van der Waals surface area contributed by atoms with Gasteiger partial charge in [0.25, 0.3) is 0 Å². The molecule has 0 bridgehead atoms. The average molecular weight is 319 g/mol. The predicted molar refractivity (Wildman–Crippen MR) is 76.2 cm³/mol. The molecule has 0 unspecified atom stereocenters. The molecule has 0 saturated heterocycles. The van der Waals surface area contributed by atoms with Crippen molar-refractivity contribution < 1.29 is 14.7 Å². The van der Waals surface area contributed by atoms with Crippen LogP contribution < -0.4 is 0 Å². The van der Waals surface area contributed by atoms with E-state index in [9.17, 15) is 9.59 Å². The maximum absolute atomic E-state index is 11.6. The zero-order valence-corrected chi connectivity index (χ0v) is 11.6. The molecule has 0 amide bonds. The molecule has 0 heterocycles. The van der Waals surface area contributed by atoms with Gasteiger partial charge in [-0.1, -0.05) is 52.3 Å². The fraction of sp³-hybridized carbons (Fsp3) is 0.0667. The number of hydrogen-bond donors (Lipinski definition) is 1. The highest BCUT2D eigenvalue weighted by atomic mass is 79.9. The highest BCUT2D eigenvalue weighted by Crippen LogP contribution is 2.22. The molecule has 0 atom stereocenters. The normalized spacial score (nSPS) is 10.2. The number of carboxylic acids is 1. The monoisotopic (exact) mass is 318 g/mol. The molecule has 0 aromatic heterocycles. The predicted octanol–water partition coefficient (Wildman–Crippen LogP) is 3.77. The van der Waals surface area contributed by atoms with E-state index in [4.69, 9.17) is 5.11 Å². The smallest absolute Gasteiger partial charge is 0.311 e. The summed E-state index contributed by atoms with van der Waals surface area (Å²) in [6.07, 6.45) is -0.475. The third-order valence-electron chi connectivity index (χ3n) is 2.70. The van der Waals surface area contributed by atoms with Crippen molar-refractivity contribution in [1.29, 1.82) is 0 Å². The Bertz CT molecular complexity index is 600. The van der Waals surface area contributed by atoms with Crippen molar-refractivity contribution in [3.63, 3.8) is 0 Å². The minimum Gasteiger partial charge on any atom is -0.481 e. The number of rotatable bonds is 4. The van der Waals surface area contributed by atoms with E-state index in [1.165, 1.54) is 0 Å². The van der Waals surface area contributed by atoms with Crippen molar-refractivity contribution in [2.45, 2.75) is 6.42 Å². The Labute approximate surface area is 119 Å². The average Bonchev–Trinajstić information content (AvgIpc) is 2.39. The molecule has 1 N–H and O–H groups in total. The summed E-state index contributed by atoms with van der Waals surface area (Å²) in [6.45, 7) is 0. The lowest BCUT2D eigenvalue weighted by atomic mass is 10.0. The second-order valence-corrected chi connectivity index (χ2v) is 4.99. The van der Waals surface area contributed by atoms with E-state index < -0.39 is 12.4 Å². The number of ketones is 1. The Kier molecular flexibility index (Phi) is 4.12. The van der Waals surface area contributed by atoms with Crippen LogP contribution in [0.3, 0.4) is 0 Å².